The summed E-state index contributed by atoms with van der Waals surface area (Å²) in [5, 5.41) is 0.522. The summed E-state index contributed by atoms with van der Waals surface area (Å²) in [7, 11) is 4.09. The average Bonchev–Trinajstić information content (AvgIpc) is 2.24. The molecule has 2 unspecified atom stereocenters. The first kappa shape index (κ1) is 31.4. The van der Waals surface area contributed by atoms with Gasteiger partial charge in [0.15, 0.2) is 0 Å². The van der Waals surface area contributed by atoms with E-state index in [1.54, 1.807) is 0 Å². The quantitative estimate of drug-likeness (QED) is 0.307. The molecule has 0 aliphatic heterocycles. The molecule has 0 aromatic heterocycles. The predicted molar refractivity (Wildman–Crippen MR) is 114 cm³/mol. The molecule has 0 saturated heterocycles. The summed E-state index contributed by atoms with van der Waals surface area (Å²) < 4.78 is 10.2. The summed E-state index contributed by atoms with van der Waals surface area (Å²) in [6.07, 6.45) is -0.103. The Balaban J connectivity index is -0.000000333. The number of hydrogen-bond acceptors (Lipinski definition) is 9. The summed E-state index contributed by atoms with van der Waals surface area (Å²) in [6.45, 7) is 15.1. The van der Waals surface area contributed by atoms with Crippen LogP contribution in [0, 0.1) is 0 Å². The van der Waals surface area contributed by atoms with Crippen molar-refractivity contribution in [3.63, 3.8) is 0 Å². The second-order valence-corrected chi connectivity index (χ2v) is 18.4. The Bertz CT molecular complexity index is 347. The molecule has 2 atom stereocenters. The second kappa shape index (κ2) is 16.7. The van der Waals surface area contributed by atoms with E-state index in [0.717, 1.165) is 0 Å². The normalized spacial score (nSPS) is 16.0. The Morgan fingerprint density at radius 3 is 1.04 bits per heavy atom. The van der Waals surface area contributed by atoms with Crippen LogP contribution in [0.2, 0.25) is 0 Å². The summed E-state index contributed by atoms with van der Waals surface area (Å²) in [5.74, 6) is 0. The minimum atomic E-state index is -2.80. The van der Waals surface area contributed by atoms with Crippen molar-refractivity contribution in [3.05, 3.63) is 0 Å². The zero-order chi connectivity index (χ0) is 20.1. The fourth-order valence-electron chi connectivity index (χ4n) is 1.08. The van der Waals surface area contributed by atoms with Crippen LogP contribution >= 0.6 is 44.0 Å². The van der Waals surface area contributed by atoms with Gasteiger partial charge in [-0.1, -0.05) is 51.3 Å². The van der Waals surface area contributed by atoms with Crippen molar-refractivity contribution in [2.75, 3.05) is 0 Å². The van der Waals surface area contributed by atoms with Crippen LogP contribution in [0.25, 0.3) is 0 Å². The maximum atomic E-state index is 11.4. The Hall–Kier alpha value is 2.75. The van der Waals surface area contributed by atoms with E-state index in [1.807, 2.05) is 55.4 Å². The van der Waals surface area contributed by atoms with Crippen molar-refractivity contribution in [2.45, 2.75) is 78.1 Å². The molecule has 0 spiro atoms. The molecule has 4 nitrogen and oxygen atoms in total. The molecule has 0 heterocycles. The van der Waals surface area contributed by atoms with Crippen LogP contribution in [0.1, 0.15) is 55.4 Å². The standard InChI is InChI=1S/2C6H15O2PS2.Mo.S/c2*1-5(2)8-9(7,10)11-6(3)4;;/h2*5-6H,1-4H3,(H,7,10);;/q;;+2;/p-2. The molecule has 0 N–H and O–H groups in total. The molecular formula is C12H28MoO4P2S5. The van der Waals surface area contributed by atoms with Crippen molar-refractivity contribution in [3.8, 4) is 0 Å². The fourth-order valence-corrected chi connectivity index (χ4v) is 11.8. The summed E-state index contributed by atoms with van der Waals surface area (Å²) in [6, 6.07) is 0. The van der Waals surface area contributed by atoms with Gasteiger partial charge >= 0.3 is 27.8 Å². The summed E-state index contributed by atoms with van der Waals surface area (Å²) in [5.41, 5.74) is -5.61. The van der Waals surface area contributed by atoms with Crippen molar-refractivity contribution < 1.29 is 36.8 Å². The molecule has 24 heavy (non-hydrogen) atoms. The van der Waals surface area contributed by atoms with Gasteiger partial charge in [-0.3, -0.25) is 0 Å². The van der Waals surface area contributed by atoms with Gasteiger partial charge in [-0.2, -0.15) is 0 Å². The zero-order valence-corrected chi connectivity index (χ0v) is 23.2. The topological polar surface area (TPSA) is 64.6 Å². The van der Waals surface area contributed by atoms with E-state index < -0.39 is 11.4 Å². The summed E-state index contributed by atoms with van der Waals surface area (Å²) >= 11 is 13.6. The van der Waals surface area contributed by atoms with Crippen LogP contribution in [-0.2, 0) is 50.7 Å². The van der Waals surface area contributed by atoms with Crippen LogP contribution in [0.4, 0.5) is 0 Å². The Labute approximate surface area is 181 Å². The third-order valence-electron chi connectivity index (χ3n) is 1.36. The van der Waals surface area contributed by atoms with Gasteiger partial charge in [-0.05, 0) is 27.7 Å². The molecule has 0 fully saturated rings. The van der Waals surface area contributed by atoms with Gasteiger partial charge in [0.2, 0.25) is 0 Å². The number of rotatable bonds is 8. The van der Waals surface area contributed by atoms with Gasteiger partial charge in [0.25, 0.3) is 0 Å². The van der Waals surface area contributed by atoms with Crippen molar-refractivity contribution in [1.82, 2.24) is 0 Å². The van der Waals surface area contributed by atoms with Crippen LogP contribution in [-0.4, -0.2) is 22.7 Å². The van der Waals surface area contributed by atoms with E-state index in [0.29, 0.717) is 0 Å². The van der Waals surface area contributed by atoms with E-state index in [1.165, 1.54) is 40.8 Å². The molecule has 0 rings (SSSR count). The average molecular weight is 555 g/mol. The van der Waals surface area contributed by atoms with Crippen LogP contribution in [0.5, 0.6) is 0 Å². The number of hydrogen-bond donors (Lipinski definition) is 0. The van der Waals surface area contributed by atoms with Crippen LogP contribution in [0.3, 0.4) is 0 Å². The Morgan fingerprint density at radius 1 is 0.708 bits per heavy atom. The van der Waals surface area contributed by atoms with E-state index in [-0.39, 0.29) is 22.7 Å². The van der Waals surface area contributed by atoms with Gasteiger partial charge in [-0.15, -0.1) is 22.8 Å². The molecule has 0 aliphatic carbocycles. The van der Waals surface area contributed by atoms with Crippen molar-refractivity contribution in [1.29, 1.82) is 0 Å². The second-order valence-electron chi connectivity index (χ2n) is 5.51. The predicted octanol–water partition coefficient (Wildman–Crippen LogP) is 4.92. The van der Waals surface area contributed by atoms with Crippen molar-refractivity contribution >= 4 is 67.6 Å². The molecule has 0 radical (unpaired) electrons. The van der Waals surface area contributed by atoms with E-state index in [2.05, 4.69) is 9.82 Å². The first-order valence-corrected chi connectivity index (χ1v) is 18.2. The monoisotopic (exact) mass is 556 g/mol. The molecule has 0 amide bonds. The van der Waals surface area contributed by atoms with E-state index in [4.69, 9.17) is 32.7 Å². The molecule has 0 aliphatic rings. The maximum absolute atomic E-state index is 11.4. The van der Waals surface area contributed by atoms with E-state index in [9.17, 15) is 9.79 Å². The third-order valence-corrected chi connectivity index (χ3v) is 10.7. The molecule has 0 aromatic rings. The van der Waals surface area contributed by atoms with Gasteiger partial charge in [-0.25, -0.2) is 0 Å². The van der Waals surface area contributed by atoms with Crippen LogP contribution < -0.4 is 9.79 Å². The van der Waals surface area contributed by atoms with Crippen LogP contribution in [0.15, 0.2) is 0 Å². The third kappa shape index (κ3) is 27.0. The van der Waals surface area contributed by atoms with Gasteiger partial charge in [0, 0.05) is 21.9 Å². The molecule has 12 heteroatoms. The molecule has 0 aromatic carbocycles. The Kier molecular flexibility index (Phi) is 21.9. The fraction of sp³-hybridized carbons (Fsp3) is 1.00. The molecule has 146 valence electrons. The van der Waals surface area contributed by atoms with Gasteiger partial charge in [0.05, 0.1) is 12.2 Å². The van der Waals surface area contributed by atoms with Crippen molar-refractivity contribution in [2.24, 2.45) is 0 Å². The summed E-state index contributed by atoms with van der Waals surface area (Å²) in [4.78, 5) is 22.8. The molecule has 0 saturated carbocycles. The van der Waals surface area contributed by atoms with Gasteiger partial charge in [0.1, 0.15) is 0 Å². The molecular weight excluding hydrogens is 526 g/mol. The molecule has 0 bridgehead atoms. The Morgan fingerprint density at radius 2 is 0.917 bits per heavy atom. The first-order valence-electron chi connectivity index (χ1n) is 7.19. The van der Waals surface area contributed by atoms with Gasteiger partial charge < -0.3 is 18.8 Å². The zero-order valence-electron chi connectivity index (χ0n) is 15.3. The SMILES string of the molecule is CC(C)OP([O-])(=S)SC(C)C.CC(C)OP([O-])(=S)SC(C)C.[S]=[Mo+2]. The van der Waals surface area contributed by atoms with E-state index >= 15 is 0 Å². The minimum absolute atomic E-state index is 0.0513. The first-order chi connectivity index (χ1) is 10.7.